The molecule has 0 radical (unpaired) electrons. The molecule has 0 saturated heterocycles. The molecule has 3 rings (SSSR count). The van der Waals surface area contributed by atoms with E-state index in [0.717, 1.165) is 32.0 Å². The van der Waals surface area contributed by atoms with Gasteiger partial charge in [0.05, 0.1) is 0 Å². The minimum atomic E-state index is -0.100. The van der Waals surface area contributed by atoms with Crippen LogP contribution < -0.4 is 10.6 Å². The van der Waals surface area contributed by atoms with Gasteiger partial charge in [-0.1, -0.05) is 53.5 Å². The van der Waals surface area contributed by atoms with E-state index in [1.165, 1.54) is 37.7 Å². The van der Waals surface area contributed by atoms with Crippen LogP contribution in [0.15, 0.2) is 48.5 Å². The van der Waals surface area contributed by atoms with Crippen molar-refractivity contribution in [1.29, 1.82) is 0 Å². The Morgan fingerprint density at radius 1 is 0.897 bits per heavy atom. The van der Waals surface area contributed by atoms with E-state index < -0.39 is 0 Å². The van der Waals surface area contributed by atoms with Crippen LogP contribution in [0.25, 0.3) is 0 Å². The predicted octanol–water partition coefficient (Wildman–Crippen LogP) is 5.75. The van der Waals surface area contributed by atoms with Gasteiger partial charge in [-0.25, -0.2) is 0 Å². The third kappa shape index (κ3) is 7.65. The first-order valence-corrected chi connectivity index (χ1v) is 11.3. The Balaban J connectivity index is 1.28. The highest BCUT2D eigenvalue weighted by molar-refractivity contribution is 6.35. The molecule has 1 amide bonds. The summed E-state index contributed by atoms with van der Waals surface area (Å²) in [7, 11) is 0. The molecule has 0 heterocycles. The summed E-state index contributed by atoms with van der Waals surface area (Å²) in [5.41, 5.74) is 1.94. The number of carbonyl (C=O) groups excluding carboxylic acids is 1. The lowest BCUT2D eigenvalue weighted by Gasteiger charge is -2.28. The SMILES string of the molecule is O=C(NCC1CCC(CNCCCc2ccccc2)CC1)c1cc(Cl)cc(Cl)c1. The Morgan fingerprint density at radius 3 is 2.17 bits per heavy atom. The lowest BCUT2D eigenvalue weighted by Crippen LogP contribution is -2.33. The first kappa shape index (κ1) is 22.1. The summed E-state index contributed by atoms with van der Waals surface area (Å²) in [4.78, 5) is 12.3. The number of amides is 1. The summed E-state index contributed by atoms with van der Waals surface area (Å²) in [5, 5.41) is 7.64. The molecule has 29 heavy (non-hydrogen) atoms. The summed E-state index contributed by atoms with van der Waals surface area (Å²) in [5.74, 6) is 1.21. The van der Waals surface area contributed by atoms with Crippen molar-refractivity contribution in [3.8, 4) is 0 Å². The van der Waals surface area contributed by atoms with Gasteiger partial charge in [-0.3, -0.25) is 4.79 Å². The Hall–Kier alpha value is -1.55. The molecule has 3 nitrogen and oxygen atoms in total. The van der Waals surface area contributed by atoms with Crippen LogP contribution in [-0.2, 0) is 6.42 Å². The topological polar surface area (TPSA) is 41.1 Å². The number of hydrogen-bond acceptors (Lipinski definition) is 2. The van der Waals surface area contributed by atoms with Crippen LogP contribution in [-0.4, -0.2) is 25.5 Å². The van der Waals surface area contributed by atoms with E-state index >= 15 is 0 Å². The van der Waals surface area contributed by atoms with Crippen molar-refractivity contribution in [2.75, 3.05) is 19.6 Å². The second-order valence-electron chi connectivity index (χ2n) is 8.05. The van der Waals surface area contributed by atoms with E-state index in [1.54, 1.807) is 18.2 Å². The number of nitrogens with one attached hydrogen (secondary N) is 2. The Bertz CT molecular complexity index is 753. The number of hydrogen-bond donors (Lipinski definition) is 2. The molecule has 1 saturated carbocycles. The lowest BCUT2D eigenvalue weighted by molar-refractivity contribution is 0.0941. The average Bonchev–Trinajstić information content (AvgIpc) is 2.72. The third-order valence-corrected chi connectivity index (χ3v) is 6.17. The van der Waals surface area contributed by atoms with Crippen LogP contribution in [0.1, 0.15) is 48.0 Å². The highest BCUT2D eigenvalue weighted by Crippen LogP contribution is 2.28. The van der Waals surface area contributed by atoms with E-state index in [1.807, 2.05) is 0 Å². The first-order valence-electron chi connectivity index (χ1n) is 10.6. The van der Waals surface area contributed by atoms with Crippen molar-refractivity contribution in [2.45, 2.75) is 38.5 Å². The number of benzene rings is 2. The summed E-state index contributed by atoms with van der Waals surface area (Å²) >= 11 is 12.0. The normalized spacial score (nSPS) is 19.1. The van der Waals surface area contributed by atoms with Crippen LogP contribution in [0.5, 0.6) is 0 Å². The van der Waals surface area contributed by atoms with Crippen molar-refractivity contribution in [1.82, 2.24) is 10.6 Å². The number of halogens is 2. The van der Waals surface area contributed by atoms with Gasteiger partial charge in [0.1, 0.15) is 0 Å². The molecule has 5 heteroatoms. The van der Waals surface area contributed by atoms with Crippen LogP contribution in [0.4, 0.5) is 0 Å². The molecule has 0 unspecified atom stereocenters. The maximum Gasteiger partial charge on any atom is 0.251 e. The molecular weight excluding hydrogens is 403 g/mol. The zero-order valence-electron chi connectivity index (χ0n) is 16.8. The number of rotatable bonds is 9. The Morgan fingerprint density at radius 2 is 1.52 bits per heavy atom. The number of carbonyl (C=O) groups is 1. The van der Waals surface area contributed by atoms with E-state index in [2.05, 4.69) is 41.0 Å². The van der Waals surface area contributed by atoms with Gasteiger partial charge in [0.15, 0.2) is 0 Å². The van der Waals surface area contributed by atoms with E-state index in [0.29, 0.717) is 21.5 Å². The summed E-state index contributed by atoms with van der Waals surface area (Å²) in [6, 6.07) is 15.6. The highest BCUT2D eigenvalue weighted by atomic mass is 35.5. The maximum atomic E-state index is 12.3. The fourth-order valence-corrected chi connectivity index (χ4v) is 4.56. The van der Waals surface area contributed by atoms with Gasteiger partial charge < -0.3 is 10.6 Å². The molecule has 156 valence electrons. The maximum absolute atomic E-state index is 12.3. The zero-order chi connectivity index (χ0) is 20.5. The first-order chi connectivity index (χ1) is 14.1. The quantitative estimate of drug-likeness (QED) is 0.495. The highest BCUT2D eigenvalue weighted by Gasteiger charge is 2.21. The van der Waals surface area contributed by atoms with E-state index in [4.69, 9.17) is 23.2 Å². The molecule has 0 atom stereocenters. The standard InChI is InChI=1S/C24H30Cl2N2O/c25-22-13-21(14-23(26)15-22)24(29)28-17-20-10-8-19(9-11-20)16-27-12-4-7-18-5-2-1-3-6-18/h1-3,5-6,13-15,19-20,27H,4,7-12,16-17H2,(H,28,29). The second kappa shape index (κ2) is 11.6. The molecule has 1 fully saturated rings. The van der Waals surface area contributed by atoms with Gasteiger partial charge in [-0.2, -0.15) is 0 Å². The Kier molecular flexibility index (Phi) is 8.85. The summed E-state index contributed by atoms with van der Waals surface area (Å²) in [6.07, 6.45) is 7.13. The molecular formula is C24H30Cl2N2O. The van der Waals surface area contributed by atoms with Gasteiger partial charge in [-0.15, -0.1) is 0 Å². The van der Waals surface area contributed by atoms with Crippen LogP contribution >= 0.6 is 23.2 Å². The van der Waals surface area contributed by atoms with Crippen molar-refractivity contribution in [2.24, 2.45) is 11.8 Å². The molecule has 0 bridgehead atoms. The average molecular weight is 433 g/mol. The zero-order valence-corrected chi connectivity index (χ0v) is 18.3. The second-order valence-corrected chi connectivity index (χ2v) is 8.92. The lowest BCUT2D eigenvalue weighted by atomic mass is 9.82. The number of aryl methyl sites for hydroxylation is 1. The molecule has 2 aromatic rings. The van der Waals surface area contributed by atoms with Gasteiger partial charge in [0.2, 0.25) is 0 Å². The van der Waals surface area contributed by atoms with Gasteiger partial charge in [0, 0.05) is 22.2 Å². The van der Waals surface area contributed by atoms with Crippen LogP contribution in [0, 0.1) is 11.8 Å². The summed E-state index contributed by atoms with van der Waals surface area (Å²) in [6.45, 7) is 2.90. The van der Waals surface area contributed by atoms with Crippen molar-refractivity contribution in [3.63, 3.8) is 0 Å². The molecule has 2 N–H and O–H groups in total. The minimum absolute atomic E-state index is 0.100. The van der Waals surface area contributed by atoms with Crippen molar-refractivity contribution >= 4 is 29.1 Å². The van der Waals surface area contributed by atoms with Gasteiger partial charge in [-0.05, 0) is 87.2 Å². The molecule has 1 aliphatic carbocycles. The molecule has 1 aliphatic rings. The molecule has 0 aliphatic heterocycles. The fourth-order valence-electron chi connectivity index (χ4n) is 4.03. The smallest absolute Gasteiger partial charge is 0.251 e. The third-order valence-electron chi connectivity index (χ3n) is 5.74. The fraction of sp³-hybridized carbons (Fsp3) is 0.458. The Labute approximate surface area is 184 Å². The van der Waals surface area contributed by atoms with Gasteiger partial charge >= 0.3 is 0 Å². The molecule has 0 aromatic heterocycles. The van der Waals surface area contributed by atoms with Crippen LogP contribution in [0.3, 0.4) is 0 Å². The van der Waals surface area contributed by atoms with Crippen molar-refractivity contribution < 1.29 is 4.79 Å². The molecule has 0 spiro atoms. The van der Waals surface area contributed by atoms with Crippen LogP contribution in [0.2, 0.25) is 10.0 Å². The largest absolute Gasteiger partial charge is 0.352 e. The van der Waals surface area contributed by atoms with Gasteiger partial charge in [0.25, 0.3) is 5.91 Å². The monoisotopic (exact) mass is 432 g/mol. The van der Waals surface area contributed by atoms with E-state index in [-0.39, 0.29) is 5.91 Å². The predicted molar refractivity (Wildman–Crippen MR) is 122 cm³/mol. The minimum Gasteiger partial charge on any atom is -0.352 e. The molecule has 2 aromatic carbocycles. The van der Waals surface area contributed by atoms with Crippen molar-refractivity contribution in [3.05, 3.63) is 69.7 Å². The summed E-state index contributed by atoms with van der Waals surface area (Å²) < 4.78 is 0. The van der Waals surface area contributed by atoms with E-state index in [9.17, 15) is 4.79 Å².